The Hall–Kier alpha value is -1.76. The number of hydrogen-bond acceptors (Lipinski definition) is 4. The highest BCUT2D eigenvalue weighted by Crippen LogP contribution is 2.29. The van der Waals surface area contributed by atoms with Crippen molar-refractivity contribution >= 4 is 11.5 Å². The smallest absolute Gasteiger partial charge is 0.152 e. The number of anilines is 2. The van der Waals surface area contributed by atoms with Crippen LogP contribution in [0.1, 0.15) is 44.6 Å². The zero-order valence-corrected chi connectivity index (χ0v) is 10.9. The number of rotatable bonds is 3. The highest BCUT2D eigenvalue weighted by Gasteiger charge is 2.22. The first kappa shape index (κ1) is 12.7. The second-order valence-electron chi connectivity index (χ2n) is 4.83. The normalized spacial score (nSPS) is 16.2. The summed E-state index contributed by atoms with van der Waals surface area (Å²) < 4.78 is 0. The lowest BCUT2D eigenvalue weighted by Crippen LogP contribution is -2.37. The second kappa shape index (κ2) is 5.72. The van der Waals surface area contributed by atoms with E-state index >= 15 is 0 Å². The van der Waals surface area contributed by atoms with E-state index in [1.54, 1.807) is 12.3 Å². The molecule has 1 saturated carbocycles. The molecule has 1 heterocycles. The van der Waals surface area contributed by atoms with Crippen LogP contribution in [0.25, 0.3) is 0 Å². The van der Waals surface area contributed by atoms with Crippen LogP contribution < -0.4 is 10.6 Å². The van der Waals surface area contributed by atoms with Gasteiger partial charge in [-0.05, 0) is 25.8 Å². The summed E-state index contributed by atoms with van der Waals surface area (Å²) in [6.07, 6.45) is 7.96. The molecule has 2 N–H and O–H groups in total. The van der Waals surface area contributed by atoms with Gasteiger partial charge in [0, 0.05) is 18.8 Å². The Balaban J connectivity index is 2.24. The molecule has 0 aromatic carbocycles. The molecule has 1 aromatic heterocycles. The lowest BCUT2D eigenvalue weighted by molar-refractivity contribution is 0.416. The fraction of sp³-hybridized carbons (Fsp3) is 0.571. The van der Waals surface area contributed by atoms with Crippen LogP contribution in [0.15, 0.2) is 12.3 Å². The molecule has 0 saturated heterocycles. The first-order chi connectivity index (χ1) is 8.76. The average Bonchev–Trinajstić information content (AvgIpc) is 2.42. The lowest BCUT2D eigenvalue weighted by atomic mass is 9.94. The van der Waals surface area contributed by atoms with E-state index in [-0.39, 0.29) is 0 Å². The van der Waals surface area contributed by atoms with Crippen molar-refractivity contribution in [1.82, 2.24) is 4.98 Å². The Morgan fingerprint density at radius 3 is 2.72 bits per heavy atom. The quantitative estimate of drug-likeness (QED) is 0.887. The maximum atomic E-state index is 8.84. The highest BCUT2D eigenvalue weighted by atomic mass is 15.2. The number of nitrogens with zero attached hydrogens (tertiary/aromatic N) is 3. The van der Waals surface area contributed by atoms with Crippen molar-refractivity contribution in [2.45, 2.75) is 45.1 Å². The fourth-order valence-electron chi connectivity index (χ4n) is 2.75. The zero-order chi connectivity index (χ0) is 13.0. The van der Waals surface area contributed by atoms with Crippen molar-refractivity contribution in [1.29, 1.82) is 5.26 Å². The SMILES string of the molecule is CCN(c1ncc(C#N)cc1N)C1CCCCC1. The molecular formula is C14H20N4. The minimum Gasteiger partial charge on any atom is -0.396 e. The highest BCUT2D eigenvalue weighted by molar-refractivity contribution is 5.65. The van der Waals surface area contributed by atoms with Gasteiger partial charge in [0.25, 0.3) is 0 Å². The van der Waals surface area contributed by atoms with E-state index in [9.17, 15) is 0 Å². The molecule has 1 fully saturated rings. The number of nitrogen functional groups attached to an aromatic ring is 1. The van der Waals surface area contributed by atoms with E-state index in [0.29, 0.717) is 17.3 Å². The summed E-state index contributed by atoms with van der Waals surface area (Å²) in [5, 5.41) is 8.84. The average molecular weight is 244 g/mol. The van der Waals surface area contributed by atoms with Gasteiger partial charge in [-0.2, -0.15) is 5.26 Å². The molecular weight excluding hydrogens is 224 g/mol. The van der Waals surface area contributed by atoms with Gasteiger partial charge < -0.3 is 10.6 Å². The molecule has 4 nitrogen and oxygen atoms in total. The molecule has 0 radical (unpaired) electrons. The summed E-state index contributed by atoms with van der Waals surface area (Å²) in [6.45, 7) is 3.04. The third-order valence-electron chi connectivity index (χ3n) is 3.65. The molecule has 2 rings (SSSR count). The van der Waals surface area contributed by atoms with Crippen molar-refractivity contribution < 1.29 is 0 Å². The van der Waals surface area contributed by atoms with Gasteiger partial charge in [0.05, 0.1) is 11.3 Å². The van der Waals surface area contributed by atoms with Gasteiger partial charge in [0.15, 0.2) is 5.82 Å². The fourth-order valence-corrected chi connectivity index (χ4v) is 2.75. The molecule has 96 valence electrons. The number of pyridine rings is 1. The standard InChI is InChI=1S/C14H20N4/c1-2-18(12-6-4-3-5-7-12)14-13(16)8-11(9-15)10-17-14/h8,10,12H,2-7,16H2,1H3. The minimum atomic E-state index is 0.524. The van der Waals surface area contributed by atoms with Crippen LogP contribution in [-0.2, 0) is 0 Å². The van der Waals surface area contributed by atoms with Crippen LogP contribution in [0.4, 0.5) is 11.5 Å². The predicted octanol–water partition coefficient (Wildman–Crippen LogP) is 2.69. The van der Waals surface area contributed by atoms with Crippen molar-refractivity contribution in [3.8, 4) is 6.07 Å². The van der Waals surface area contributed by atoms with Gasteiger partial charge in [0.2, 0.25) is 0 Å². The van der Waals surface area contributed by atoms with E-state index in [1.807, 2.05) is 0 Å². The number of aromatic nitrogens is 1. The number of hydrogen-bond donors (Lipinski definition) is 1. The van der Waals surface area contributed by atoms with Crippen LogP contribution >= 0.6 is 0 Å². The zero-order valence-electron chi connectivity index (χ0n) is 10.9. The van der Waals surface area contributed by atoms with Crippen LogP contribution in [0.5, 0.6) is 0 Å². The van der Waals surface area contributed by atoms with Gasteiger partial charge in [-0.3, -0.25) is 0 Å². The molecule has 0 bridgehead atoms. The molecule has 1 aromatic rings. The maximum Gasteiger partial charge on any atom is 0.152 e. The first-order valence-corrected chi connectivity index (χ1v) is 6.68. The Labute approximate surface area is 108 Å². The predicted molar refractivity (Wildman–Crippen MR) is 73.3 cm³/mol. The molecule has 18 heavy (non-hydrogen) atoms. The molecule has 0 atom stereocenters. The number of nitriles is 1. The van der Waals surface area contributed by atoms with Crippen LogP contribution in [-0.4, -0.2) is 17.6 Å². The summed E-state index contributed by atoms with van der Waals surface area (Å²) in [4.78, 5) is 6.66. The molecule has 1 aliphatic rings. The van der Waals surface area contributed by atoms with Gasteiger partial charge in [-0.25, -0.2) is 4.98 Å². The third-order valence-corrected chi connectivity index (χ3v) is 3.65. The third kappa shape index (κ3) is 2.56. The Morgan fingerprint density at radius 1 is 1.44 bits per heavy atom. The van der Waals surface area contributed by atoms with Crippen LogP contribution in [0, 0.1) is 11.3 Å². The Kier molecular flexibility index (Phi) is 4.03. The van der Waals surface area contributed by atoms with Gasteiger partial charge in [-0.1, -0.05) is 19.3 Å². The largest absolute Gasteiger partial charge is 0.396 e. The second-order valence-corrected chi connectivity index (χ2v) is 4.83. The van der Waals surface area contributed by atoms with Gasteiger partial charge in [-0.15, -0.1) is 0 Å². The van der Waals surface area contributed by atoms with Crippen LogP contribution in [0.2, 0.25) is 0 Å². The number of nitrogens with two attached hydrogens (primary N) is 1. The van der Waals surface area contributed by atoms with Crippen molar-refractivity contribution in [2.75, 3.05) is 17.2 Å². The minimum absolute atomic E-state index is 0.524. The molecule has 0 unspecified atom stereocenters. The van der Waals surface area contributed by atoms with Crippen molar-refractivity contribution in [2.24, 2.45) is 0 Å². The van der Waals surface area contributed by atoms with Crippen molar-refractivity contribution in [3.05, 3.63) is 17.8 Å². The topological polar surface area (TPSA) is 65.9 Å². The van der Waals surface area contributed by atoms with E-state index in [2.05, 4.69) is 22.9 Å². The molecule has 4 heteroatoms. The molecule has 0 aliphatic heterocycles. The summed E-state index contributed by atoms with van der Waals surface area (Å²) >= 11 is 0. The van der Waals surface area contributed by atoms with Crippen LogP contribution in [0.3, 0.4) is 0 Å². The van der Waals surface area contributed by atoms with E-state index in [4.69, 9.17) is 11.0 Å². The monoisotopic (exact) mass is 244 g/mol. The van der Waals surface area contributed by atoms with Crippen molar-refractivity contribution in [3.63, 3.8) is 0 Å². The molecule has 0 spiro atoms. The van der Waals surface area contributed by atoms with Gasteiger partial charge in [0.1, 0.15) is 6.07 Å². The van der Waals surface area contributed by atoms with Gasteiger partial charge >= 0.3 is 0 Å². The summed E-state index contributed by atoms with van der Waals surface area (Å²) in [5.74, 6) is 0.836. The van der Waals surface area contributed by atoms with E-state index in [1.165, 1.54) is 32.1 Å². The molecule has 0 amide bonds. The Bertz CT molecular complexity index is 444. The van der Waals surface area contributed by atoms with E-state index < -0.39 is 0 Å². The summed E-state index contributed by atoms with van der Waals surface area (Å²) in [5.41, 5.74) is 7.16. The first-order valence-electron chi connectivity index (χ1n) is 6.68. The summed E-state index contributed by atoms with van der Waals surface area (Å²) in [7, 11) is 0. The molecule has 1 aliphatic carbocycles. The van der Waals surface area contributed by atoms with E-state index in [0.717, 1.165) is 12.4 Å². The Morgan fingerprint density at radius 2 is 2.17 bits per heavy atom. The maximum absolute atomic E-state index is 8.84. The summed E-state index contributed by atoms with van der Waals surface area (Å²) in [6, 6.07) is 4.33. The lowest BCUT2D eigenvalue weighted by Gasteiger charge is -2.35.